The molecule has 0 aliphatic rings. The van der Waals surface area contributed by atoms with Crippen molar-refractivity contribution >= 4 is 17.6 Å². The zero-order valence-electron chi connectivity index (χ0n) is 13.1. The van der Waals surface area contributed by atoms with E-state index in [0.717, 1.165) is 6.07 Å². The zero-order chi connectivity index (χ0) is 18.4. The number of rotatable bonds is 9. The smallest absolute Gasteiger partial charge is 0.320 e. The van der Waals surface area contributed by atoms with E-state index in [1.807, 2.05) is 0 Å². The van der Waals surface area contributed by atoms with Crippen LogP contribution in [-0.2, 0) is 16.0 Å². The number of carboxylic acid groups (broad SMARTS) is 2. The lowest BCUT2D eigenvalue weighted by molar-refractivity contribution is -0.385. The molecule has 0 radical (unpaired) electrons. The van der Waals surface area contributed by atoms with Gasteiger partial charge in [0, 0.05) is 5.56 Å². The number of methoxy groups -OCH3 is 2. The Bertz CT molecular complexity index is 646. The number of aliphatic carboxylic acids is 2. The van der Waals surface area contributed by atoms with Crippen molar-refractivity contribution in [2.75, 3.05) is 14.2 Å². The van der Waals surface area contributed by atoms with Crippen LogP contribution in [0, 0.1) is 16.0 Å². The third kappa shape index (κ3) is 4.56. The first-order valence-corrected chi connectivity index (χ1v) is 6.81. The minimum absolute atomic E-state index is 0.0858. The largest absolute Gasteiger partial charge is 0.493 e. The lowest BCUT2D eigenvalue weighted by atomic mass is 9.92. The fourth-order valence-corrected chi connectivity index (χ4v) is 2.19. The first kappa shape index (κ1) is 19.2. The summed E-state index contributed by atoms with van der Waals surface area (Å²) in [6, 6.07) is 1.05. The van der Waals surface area contributed by atoms with E-state index in [9.17, 15) is 24.8 Å². The van der Waals surface area contributed by atoms with Crippen molar-refractivity contribution < 1.29 is 34.2 Å². The van der Waals surface area contributed by atoms with Gasteiger partial charge in [0.2, 0.25) is 0 Å². The topological polar surface area (TPSA) is 162 Å². The summed E-state index contributed by atoms with van der Waals surface area (Å²) in [5, 5.41) is 29.3. The molecule has 1 aromatic carbocycles. The van der Waals surface area contributed by atoms with E-state index in [-0.39, 0.29) is 35.6 Å². The summed E-state index contributed by atoms with van der Waals surface area (Å²) < 4.78 is 10.0. The van der Waals surface area contributed by atoms with Gasteiger partial charge in [-0.1, -0.05) is 0 Å². The highest BCUT2D eigenvalue weighted by Crippen LogP contribution is 2.36. The SMILES string of the molecule is COc1cc(CC(C[C@@H](N)C(=O)O)C(=O)O)c([N+](=O)[O-])cc1OC. The summed E-state index contributed by atoms with van der Waals surface area (Å²) in [6.07, 6.45) is -0.636. The molecule has 0 aromatic heterocycles. The Balaban J connectivity index is 3.24. The van der Waals surface area contributed by atoms with E-state index >= 15 is 0 Å². The van der Waals surface area contributed by atoms with E-state index in [1.165, 1.54) is 20.3 Å². The van der Waals surface area contributed by atoms with Gasteiger partial charge in [-0.2, -0.15) is 0 Å². The number of ether oxygens (including phenoxy) is 2. The Kier molecular flexibility index (Phi) is 6.48. The second-order valence-corrected chi connectivity index (χ2v) is 5.01. The third-order valence-corrected chi connectivity index (χ3v) is 3.45. The van der Waals surface area contributed by atoms with Gasteiger partial charge >= 0.3 is 11.9 Å². The molecule has 2 atom stereocenters. The highest BCUT2D eigenvalue weighted by Gasteiger charge is 2.28. The quantitative estimate of drug-likeness (QED) is 0.432. The van der Waals surface area contributed by atoms with Crippen molar-refractivity contribution in [3.8, 4) is 11.5 Å². The molecular weight excluding hydrogens is 324 g/mol. The van der Waals surface area contributed by atoms with Gasteiger partial charge in [0.15, 0.2) is 11.5 Å². The van der Waals surface area contributed by atoms with Crippen LogP contribution in [0.3, 0.4) is 0 Å². The van der Waals surface area contributed by atoms with Crippen molar-refractivity contribution in [3.63, 3.8) is 0 Å². The molecule has 0 spiro atoms. The molecule has 10 nitrogen and oxygen atoms in total. The van der Waals surface area contributed by atoms with Crippen LogP contribution in [0.2, 0.25) is 0 Å². The number of nitrogens with zero attached hydrogens (tertiary/aromatic N) is 1. The van der Waals surface area contributed by atoms with Gasteiger partial charge in [0.1, 0.15) is 6.04 Å². The molecule has 0 aliphatic heterocycles. The van der Waals surface area contributed by atoms with Gasteiger partial charge in [-0.15, -0.1) is 0 Å². The maximum Gasteiger partial charge on any atom is 0.320 e. The molecule has 0 saturated heterocycles. The predicted molar refractivity (Wildman–Crippen MR) is 81.3 cm³/mol. The van der Waals surface area contributed by atoms with Crippen molar-refractivity contribution in [1.29, 1.82) is 0 Å². The van der Waals surface area contributed by atoms with Crippen LogP contribution >= 0.6 is 0 Å². The van der Waals surface area contributed by atoms with E-state index in [1.54, 1.807) is 0 Å². The summed E-state index contributed by atoms with van der Waals surface area (Å²) in [5.74, 6) is -3.52. The van der Waals surface area contributed by atoms with E-state index in [4.69, 9.17) is 20.3 Å². The minimum Gasteiger partial charge on any atom is -0.493 e. The summed E-state index contributed by atoms with van der Waals surface area (Å²) in [4.78, 5) is 32.7. The van der Waals surface area contributed by atoms with Crippen molar-refractivity contribution in [2.45, 2.75) is 18.9 Å². The van der Waals surface area contributed by atoms with Crippen molar-refractivity contribution in [3.05, 3.63) is 27.8 Å². The van der Waals surface area contributed by atoms with Crippen LogP contribution in [0.25, 0.3) is 0 Å². The molecular formula is C14H18N2O8. The fraction of sp³-hybridized carbons (Fsp3) is 0.429. The molecule has 0 amide bonds. The average molecular weight is 342 g/mol. The molecule has 0 aliphatic carbocycles. The molecule has 1 rings (SSSR count). The van der Waals surface area contributed by atoms with Crippen LogP contribution < -0.4 is 15.2 Å². The molecule has 1 unspecified atom stereocenters. The number of hydrogen-bond acceptors (Lipinski definition) is 7. The fourth-order valence-electron chi connectivity index (χ4n) is 2.19. The molecule has 0 fully saturated rings. The van der Waals surface area contributed by atoms with E-state index in [2.05, 4.69) is 0 Å². The number of nitro groups is 1. The summed E-state index contributed by atoms with van der Waals surface area (Å²) >= 11 is 0. The van der Waals surface area contributed by atoms with Gasteiger partial charge in [0.05, 0.1) is 31.1 Å². The van der Waals surface area contributed by atoms with E-state index in [0.29, 0.717) is 0 Å². The van der Waals surface area contributed by atoms with Gasteiger partial charge in [-0.3, -0.25) is 19.7 Å². The lowest BCUT2D eigenvalue weighted by Crippen LogP contribution is -2.35. The van der Waals surface area contributed by atoms with Gasteiger partial charge in [-0.05, 0) is 18.9 Å². The Morgan fingerprint density at radius 3 is 2.17 bits per heavy atom. The van der Waals surface area contributed by atoms with Crippen LogP contribution in [0.15, 0.2) is 12.1 Å². The summed E-state index contributed by atoms with van der Waals surface area (Å²) in [6.45, 7) is 0. The number of nitrogens with two attached hydrogens (primary N) is 1. The number of carboxylic acids is 2. The first-order valence-electron chi connectivity index (χ1n) is 6.81. The lowest BCUT2D eigenvalue weighted by Gasteiger charge is -2.16. The Hall–Kier alpha value is -2.88. The van der Waals surface area contributed by atoms with Crippen molar-refractivity contribution in [1.82, 2.24) is 0 Å². The minimum atomic E-state index is -1.38. The maximum absolute atomic E-state index is 11.3. The molecule has 0 heterocycles. The highest BCUT2D eigenvalue weighted by molar-refractivity contribution is 5.76. The van der Waals surface area contributed by atoms with Gasteiger partial charge in [-0.25, -0.2) is 0 Å². The molecule has 132 valence electrons. The summed E-state index contributed by atoms with van der Waals surface area (Å²) in [7, 11) is 2.65. The monoisotopic (exact) mass is 342 g/mol. The third-order valence-electron chi connectivity index (χ3n) is 3.45. The Labute approximate surface area is 136 Å². The zero-order valence-corrected chi connectivity index (χ0v) is 13.1. The highest BCUT2D eigenvalue weighted by atomic mass is 16.6. The van der Waals surface area contributed by atoms with Crippen LogP contribution in [-0.4, -0.2) is 47.3 Å². The first-order chi connectivity index (χ1) is 11.2. The Morgan fingerprint density at radius 2 is 1.75 bits per heavy atom. The number of hydrogen-bond donors (Lipinski definition) is 3. The van der Waals surface area contributed by atoms with Crippen LogP contribution in [0.1, 0.15) is 12.0 Å². The normalized spacial score (nSPS) is 13.0. The number of benzene rings is 1. The average Bonchev–Trinajstić information content (AvgIpc) is 2.52. The second kappa shape index (κ2) is 8.11. The van der Waals surface area contributed by atoms with Crippen LogP contribution in [0.4, 0.5) is 5.69 Å². The standard InChI is InChI=1S/C14H18N2O8/c1-23-11-5-7(10(16(21)22)6-12(11)24-2)3-8(13(17)18)4-9(15)14(19)20/h5-6,8-9H,3-4,15H2,1-2H3,(H,17,18)(H,19,20)/t8?,9-/m1/s1. The predicted octanol–water partition coefficient (Wildman–Crippen LogP) is 0.657. The molecule has 10 heteroatoms. The van der Waals surface area contributed by atoms with Crippen molar-refractivity contribution in [2.24, 2.45) is 11.7 Å². The second-order valence-electron chi connectivity index (χ2n) is 5.01. The summed E-state index contributed by atoms with van der Waals surface area (Å²) in [5.41, 5.74) is 5.11. The number of carbonyl (C=O) groups is 2. The molecule has 24 heavy (non-hydrogen) atoms. The van der Waals surface area contributed by atoms with E-state index < -0.39 is 28.8 Å². The van der Waals surface area contributed by atoms with Crippen LogP contribution in [0.5, 0.6) is 11.5 Å². The maximum atomic E-state index is 11.3. The van der Waals surface area contributed by atoms with Gasteiger partial charge < -0.3 is 25.4 Å². The molecule has 4 N–H and O–H groups in total. The Morgan fingerprint density at radius 1 is 1.21 bits per heavy atom. The van der Waals surface area contributed by atoms with Gasteiger partial charge in [0.25, 0.3) is 5.69 Å². The molecule has 1 aromatic rings. The molecule has 0 bridgehead atoms. The molecule has 0 saturated carbocycles. The number of nitro benzene ring substituents is 1.